The predicted octanol–water partition coefficient (Wildman–Crippen LogP) is 2.88. The topological polar surface area (TPSA) is 137 Å². The van der Waals surface area contributed by atoms with Gasteiger partial charge in [0.05, 0.1) is 25.6 Å². The van der Waals surface area contributed by atoms with Crippen molar-refractivity contribution in [2.45, 2.75) is 53.2 Å². The van der Waals surface area contributed by atoms with Crippen molar-refractivity contribution in [3.63, 3.8) is 0 Å². The van der Waals surface area contributed by atoms with Crippen LogP contribution < -0.4 is 10.9 Å². The first kappa shape index (κ1) is 24.2. The zero-order valence-electron chi connectivity index (χ0n) is 17.7. The van der Waals surface area contributed by atoms with E-state index < -0.39 is 7.60 Å². The van der Waals surface area contributed by atoms with Crippen LogP contribution in [0.4, 0.5) is 5.95 Å². The summed E-state index contributed by atoms with van der Waals surface area (Å²) in [4.78, 5) is 29.9. The molecule has 2 aromatic heterocycles. The number of amides is 1. The second kappa shape index (κ2) is 11.9. The van der Waals surface area contributed by atoms with Crippen LogP contribution in [0.15, 0.2) is 11.0 Å². The van der Waals surface area contributed by atoms with Gasteiger partial charge in [-0.25, -0.2) is 4.68 Å². The number of H-pyrrole nitrogens is 1. The molecule has 0 atom stereocenters. The highest BCUT2D eigenvalue weighted by molar-refractivity contribution is 7.53. The average molecular weight is 443 g/mol. The number of carbonyl (C=O) groups excluding carboxylic acids is 1. The van der Waals surface area contributed by atoms with Gasteiger partial charge in [-0.2, -0.15) is 10.1 Å². The van der Waals surface area contributed by atoms with Crippen molar-refractivity contribution in [2.24, 2.45) is 0 Å². The molecule has 0 fully saturated rings. The molecule has 0 aliphatic carbocycles. The maximum absolute atomic E-state index is 12.4. The normalized spacial score (nSPS) is 11.8. The van der Waals surface area contributed by atoms with Crippen molar-refractivity contribution in [3.8, 4) is 0 Å². The molecule has 0 aliphatic rings. The van der Waals surface area contributed by atoms with Crippen LogP contribution >= 0.6 is 7.60 Å². The molecule has 0 aliphatic heterocycles. The van der Waals surface area contributed by atoms with Gasteiger partial charge in [0, 0.05) is 13.5 Å². The molecule has 0 aromatic carbocycles. The number of aromatic amines is 1. The Kier molecular flexibility index (Phi) is 9.64. The summed E-state index contributed by atoms with van der Waals surface area (Å²) in [5.74, 6) is -0.267. The van der Waals surface area contributed by atoms with E-state index in [-0.39, 0.29) is 24.1 Å². The smallest absolute Gasteiger partial charge is 0.330 e. The fourth-order valence-electron chi connectivity index (χ4n) is 2.86. The van der Waals surface area contributed by atoms with Crippen molar-refractivity contribution < 1.29 is 23.1 Å². The first-order chi connectivity index (χ1) is 14.4. The zero-order chi connectivity index (χ0) is 22.0. The van der Waals surface area contributed by atoms with Gasteiger partial charge in [0.1, 0.15) is 12.1 Å². The zero-order valence-corrected chi connectivity index (χ0v) is 18.6. The molecule has 2 heterocycles. The molecule has 0 unspecified atom stereocenters. The van der Waals surface area contributed by atoms with E-state index in [2.05, 4.69) is 20.4 Å². The summed E-state index contributed by atoms with van der Waals surface area (Å²) in [5.41, 5.74) is -0.0449. The molecule has 0 spiro atoms. The summed E-state index contributed by atoms with van der Waals surface area (Å²) < 4.78 is 30.0. The summed E-state index contributed by atoms with van der Waals surface area (Å²) >= 11 is 0. The largest absolute Gasteiger partial charge is 0.359 e. The highest BCUT2D eigenvalue weighted by Gasteiger charge is 2.22. The summed E-state index contributed by atoms with van der Waals surface area (Å²) in [6.45, 7) is 6.34. The van der Waals surface area contributed by atoms with Gasteiger partial charge in [0.25, 0.3) is 5.56 Å². The van der Waals surface area contributed by atoms with E-state index in [0.29, 0.717) is 37.0 Å². The van der Waals surface area contributed by atoms with E-state index in [4.69, 9.17) is 13.8 Å². The van der Waals surface area contributed by atoms with Crippen LogP contribution in [-0.2, 0) is 29.9 Å². The monoisotopic (exact) mass is 443 g/mol. The first-order valence-corrected chi connectivity index (χ1v) is 11.8. The summed E-state index contributed by atoms with van der Waals surface area (Å²) in [7, 11) is -2.96. The van der Waals surface area contributed by atoms with Gasteiger partial charge < -0.3 is 13.8 Å². The van der Waals surface area contributed by atoms with Gasteiger partial charge >= 0.3 is 7.60 Å². The number of hydrogen-bond donors (Lipinski definition) is 2. The van der Waals surface area contributed by atoms with Crippen molar-refractivity contribution >= 4 is 30.5 Å². The lowest BCUT2D eigenvalue weighted by atomic mass is 10.2. The Morgan fingerprint density at radius 2 is 1.90 bits per heavy atom. The second-order valence-electron chi connectivity index (χ2n) is 6.60. The lowest BCUT2D eigenvalue weighted by Gasteiger charge is -2.16. The quantitative estimate of drug-likeness (QED) is 0.336. The van der Waals surface area contributed by atoms with E-state index in [0.717, 1.165) is 25.7 Å². The number of nitrogens with zero attached hydrogens (tertiary/aromatic N) is 3. The van der Waals surface area contributed by atoms with Crippen LogP contribution in [0.25, 0.3) is 11.0 Å². The molecule has 30 heavy (non-hydrogen) atoms. The number of unbranched alkanes of at least 4 members (excludes halogenated alkanes) is 3. The Hall–Kier alpha value is -2.07. The molecular formula is C18H30N5O6P. The van der Waals surface area contributed by atoms with E-state index in [9.17, 15) is 14.2 Å². The molecule has 12 heteroatoms. The molecule has 2 N–H and O–H groups in total. The minimum Gasteiger partial charge on any atom is -0.359 e. The Bertz CT molecular complexity index is 917. The van der Waals surface area contributed by atoms with Crippen molar-refractivity contribution in [1.82, 2.24) is 19.7 Å². The number of hydrogen-bond acceptors (Lipinski definition) is 8. The molecule has 168 valence electrons. The van der Waals surface area contributed by atoms with Gasteiger partial charge in [-0.3, -0.25) is 24.5 Å². The van der Waals surface area contributed by atoms with Crippen LogP contribution in [0, 0.1) is 0 Å². The Labute approximate surface area is 175 Å². The van der Waals surface area contributed by atoms with Crippen LogP contribution in [-0.4, -0.2) is 51.6 Å². The number of fused-ring (bicyclic) bond motifs is 1. The van der Waals surface area contributed by atoms with Gasteiger partial charge in [-0.15, -0.1) is 0 Å². The van der Waals surface area contributed by atoms with Crippen molar-refractivity contribution in [2.75, 3.05) is 31.3 Å². The molecule has 11 nitrogen and oxygen atoms in total. The molecule has 0 saturated heterocycles. The molecule has 2 aromatic rings. The number of ether oxygens (including phenoxy) is 1. The van der Waals surface area contributed by atoms with Crippen molar-refractivity contribution in [3.05, 3.63) is 16.6 Å². The SMILES string of the molecule is CCOP(=O)(CCCCCCOCn1ncc2c(=O)[nH]c(NC(C)=O)nc21)OCC. The number of aromatic nitrogens is 4. The molecule has 0 bridgehead atoms. The highest BCUT2D eigenvalue weighted by Crippen LogP contribution is 2.48. The van der Waals surface area contributed by atoms with E-state index >= 15 is 0 Å². The Morgan fingerprint density at radius 1 is 1.20 bits per heavy atom. The maximum atomic E-state index is 12.4. The predicted molar refractivity (Wildman–Crippen MR) is 113 cm³/mol. The van der Waals surface area contributed by atoms with E-state index in [1.54, 1.807) is 13.8 Å². The van der Waals surface area contributed by atoms with Crippen molar-refractivity contribution in [1.29, 1.82) is 0 Å². The number of anilines is 1. The minimum atomic E-state index is -2.96. The summed E-state index contributed by atoms with van der Waals surface area (Å²) in [6.07, 6.45) is 5.25. The van der Waals surface area contributed by atoms with Crippen LogP contribution in [0.1, 0.15) is 46.5 Å². The first-order valence-electron chi connectivity index (χ1n) is 10.1. The third-order valence-corrected chi connectivity index (χ3v) is 6.30. The fourth-order valence-corrected chi connectivity index (χ4v) is 4.59. The number of nitrogens with one attached hydrogen (secondary N) is 2. The average Bonchev–Trinajstić information content (AvgIpc) is 3.07. The number of rotatable bonds is 14. The maximum Gasteiger partial charge on any atom is 0.330 e. The molecular weight excluding hydrogens is 413 g/mol. The molecule has 2 rings (SSSR count). The molecule has 0 radical (unpaired) electrons. The lowest BCUT2D eigenvalue weighted by molar-refractivity contribution is -0.114. The standard InChI is InChI=1S/C18H30N5O6P/c1-4-28-30(26,29-5-2)11-9-7-6-8-10-27-13-23-16-15(12-19-23)17(25)22-18(21-16)20-14(3)24/h12H,4-11,13H2,1-3H3,(H2,20,21,22,24,25). The summed E-state index contributed by atoms with van der Waals surface area (Å²) in [5, 5.41) is 6.89. The van der Waals surface area contributed by atoms with Gasteiger partial charge in [0.15, 0.2) is 5.65 Å². The summed E-state index contributed by atoms with van der Waals surface area (Å²) in [6, 6.07) is 0. The highest BCUT2D eigenvalue weighted by atomic mass is 31.2. The minimum absolute atomic E-state index is 0.0677. The third-order valence-electron chi connectivity index (χ3n) is 4.14. The fraction of sp³-hybridized carbons (Fsp3) is 0.667. The van der Waals surface area contributed by atoms with Gasteiger partial charge in [0.2, 0.25) is 11.9 Å². The second-order valence-corrected chi connectivity index (χ2v) is 8.78. The van der Waals surface area contributed by atoms with Gasteiger partial charge in [-0.05, 0) is 26.7 Å². The molecule has 1 amide bonds. The number of carbonyl (C=O) groups is 1. The van der Waals surface area contributed by atoms with E-state index in [1.807, 2.05) is 0 Å². The van der Waals surface area contributed by atoms with Crippen LogP contribution in [0.2, 0.25) is 0 Å². The van der Waals surface area contributed by atoms with Crippen LogP contribution in [0.3, 0.4) is 0 Å². The van der Waals surface area contributed by atoms with Gasteiger partial charge in [-0.1, -0.05) is 12.8 Å². The lowest BCUT2D eigenvalue weighted by Crippen LogP contribution is -2.16. The Balaban J connectivity index is 1.74. The molecule has 0 saturated carbocycles. The Morgan fingerprint density at radius 3 is 2.57 bits per heavy atom. The third kappa shape index (κ3) is 7.32. The van der Waals surface area contributed by atoms with E-state index in [1.165, 1.54) is 17.8 Å². The van der Waals surface area contributed by atoms with Crippen LogP contribution in [0.5, 0.6) is 0 Å².